The van der Waals surface area contributed by atoms with Crippen LogP contribution in [0.1, 0.15) is 35.7 Å². The van der Waals surface area contributed by atoms with Crippen molar-refractivity contribution in [1.29, 1.82) is 5.26 Å². The normalized spacial score (nSPS) is 17.3. The van der Waals surface area contributed by atoms with Gasteiger partial charge in [0.05, 0.1) is 28.7 Å². The van der Waals surface area contributed by atoms with Crippen molar-refractivity contribution >= 4 is 21.4 Å². The second-order valence-electron chi connectivity index (χ2n) is 9.21. The van der Waals surface area contributed by atoms with E-state index in [-0.39, 0.29) is 53.3 Å². The SMILES string of the molecule is CC1(COc2ccc(S(C)(=O)=O)cc2C(=O)N2CCN(c3c(F)cc(C#N)cc3F)CC2)CC1. The summed E-state index contributed by atoms with van der Waals surface area (Å²) in [6.07, 6.45) is 3.13. The number of hydrogen-bond acceptors (Lipinski definition) is 6. The van der Waals surface area contributed by atoms with Gasteiger partial charge in [-0.2, -0.15) is 5.26 Å². The van der Waals surface area contributed by atoms with Crippen LogP contribution in [0.4, 0.5) is 14.5 Å². The summed E-state index contributed by atoms with van der Waals surface area (Å²) in [6, 6.07) is 7.94. The number of carbonyl (C=O) groups is 1. The minimum absolute atomic E-state index is 0.0150. The van der Waals surface area contributed by atoms with E-state index in [1.807, 2.05) is 0 Å². The number of nitriles is 1. The van der Waals surface area contributed by atoms with Gasteiger partial charge in [0.25, 0.3) is 5.91 Å². The molecule has 2 fully saturated rings. The summed E-state index contributed by atoms with van der Waals surface area (Å²) in [5, 5.41) is 8.88. The Balaban J connectivity index is 1.54. The van der Waals surface area contributed by atoms with Crippen LogP contribution in [0.25, 0.3) is 0 Å². The zero-order valence-electron chi connectivity index (χ0n) is 19.0. The highest BCUT2D eigenvalue weighted by atomic mass is 32.2. The second-order valence-corrected chi connectivity index (χ2v) is 11.2. The predicted octanol–water partition coefficient (Wildman–Crippen LogP) is 3.38. The van der Waals surface area contributed by atoms with Crippen LogP contribution < -0.4 is 9.64 Å². The third kappa shape index (κ3) is 4.99. The summed E-state index contributed by atoms with van der Waals surface area (Å²) >= 11 is 0. The Kier molecular flexibility index (Phi) is 6.25. The van der Waals surface area contributed by atoms with Crippen LogP contribution in [-0.2, 0) is 9.84 Å². The third-order valence-electron chi connectivity index (χ3n) is 6.32. The number of benzene rings is 2. The number of halogens is 2. The maximum Gasteiger partial charge on any atom is 0.257 e. The Morgan fingerprint density at radius 3 is 2.26 bits per heavy atom. The summed E-state index contributed by atoms with van der Waals surface area (Å²) in [7, 11) is -3.54. The summed E-state index contributed by atoms with van der Waals surface area (Å²) in [5.74, 6) is -1.75. The zero-order chi connectivity index (χ0) is 24.7. The van der Waals surface area contributed by atoms with E-state index in [4.69, 9.17) is 10.00 Å². The molecule has 1 aliphatic carbocycles. The van der Waals surface area contributed by atoms with Gasteiger partial charge in [0, 0.05) is 37.8 Å². The number of hydrogen-bond donors (Lipinski definition) is 0. The van der Waals surface area contributed by atoms with E-state index in [0.717, 1.165) is 31.2 Å². The highest BCUT2D eigenvalue weighted by Gasteiger charge is 2.38. The third-order valence-corrected chi connectivity index (χ3v) is 7.43. The number of anilines is 1. The van der Waals surface area contributed by atoms with Crippen LogP contribution in [0, 0.1) is 28.4 Å². The lowest BCUT2D eigenvalue weighted by Crippen LogP contribution is -2.49. The first kappa shape index (κ1) is 24.0. The number of rotatable bonds is 6. The summed E-state index contributed by atoms with van der Waals surface area (Å²) < 4.78 is 58.9. The molecule has 7 nitrogen and oxygen atoms in total. The molecule has 0 bridgehead atoms. The number of piperazine rings is 1. The van der Waals surface area contributed by atoms with E-state index in [1.165, 1.54) is 28.0 Å². The molecule has 0 atom stereocenters. The molecule has 2 aromatic rings. The molecular weight excluding hydrogens is 464 g/mol. The summed E-state index contributed by atoms with van der Waals surface area (Å²) in [5.41, 5.74) is -0.120. The average Bonchev–Trinajstić information content (AvgIpc) is 3.53. The molecule has 0 N–H and O–H groups in total. The maximum absolute atomic E-state index is 14.4. The van der Waals surface area contributed by atoms with Crippen molar-refractivity contribution in [2.24, 2.45) is 5.41 Å². The number of sulfone groups is 1. The van der Waals surface area contributed by atoms with E-state index >= 15 is 0 Å². The number of nitrogens with zero attached hydrogens (tertiary/aromatic N) is 3. The molecule has 1 amide bonds. The van der Waals surface area contributed by atoms with Crippen LogP contribution in [0.15, 0.2) is 35.2 Å². The van der Waals surface area contributed by atoms with Crippen molar-refractivity contribution in [3.05, 3.63) is 53.1 Å². The van der Waals surface area contributed by atoms with Gasteiger partial charge in [-0.3, -0.25) is 4.79 Å². The fourth-order valence-electron chi connectivity index (χ4n) is 3.88. The van der Waals surface area contributed by atoms with Gasteiger partial charge < -0.3 is 14.5 Å². The highest BCUT2D eigenvalue weighted by Crippen LogP contribution is 2.45. The lowest BCUT2D eigenvalue weighted by atomic mass is 10.1. The lowest BCUT2D eigenvalue weighted by Gasteiger charge is -2.36. The first-order valence-electron chi connectivity index (χ1n) is 10.9. The molecule has 1 aliphatic heterocycles. The highest BCUT2D eigenvalue weighted by molar-refractivity contribution is 7.90. The van der Waals surface area contributed by atoms with Crippen molar-refractivity contribution in [2.45, 2.75) is 24.7 Å². The molecule has 2 aromatic carbocycles. The van der Waals surface area contributed by atoms with Crippen molar-refractivity contribution in [1.82, 2.24) is 4.90 Å². The second kappa shape index (κ2) is 8.87. The smallest absolute Gasteiger partial charge is 0.257 e. The van der Waals surface area contributed by atoms with E-state index in [0.29, 0.717) is 12.4 Å². The lowest BCUT2D eigenvalue weighted by molar-refractivity contribution is 0.0740. The topological polar surface area (TPSA) is 90.7 Å². The number of amides is 1. The minimum atomic E-state index is -3.54. The maximum atomic E-state index is 14.4. The number of ether oxygens (including phenoxy) is 1. The van der Waals surface area contributed by atoms with Gasteiger partial charge in [-0.25, -0.2) is 17.2 Å². The van der Waals surface area contributed by atoms with E-state index < -0.39 is 27.4 Å². The van der Waals surface area contributed by atoms with Gasteiger partial charge >= 0.3 is 0 Å². The Labute approximate surface area is 197 Å². The van der Waals surface area contributed by atoms with Gasteiger partial charge in [-0.1, -0.05) is 6.92 Å². The van der Waals surface area contributed by atoms with Crippen molar-refractivity contribution in [3.63, 3.8) is 0 Å². The fraction of sp³-hybridized carbons (Fsp3) is 0.417. The van der Waals surface area contributed by atoms with Crippen LogP contribution in [0.2, 0.25) is 0 Å². The largest absolute Gasteiger partial charge is 0.492 e. The monoisotopic (exact) mass is 489 g/mol. The molecule has 1 heterocycles. The molecule has 1 saturated heterocycles. The van der Waals surface area contributed by atoms with Crippen LogP contribution in [0.5, 0.6) is 5.75 Å². The molecule has 180 valence electrons. The molecule has 0 aromatic heterocycles. The molecule has 34 heavy (non-hydrogen) atoms. The van der Waals surface area contributed by atoms with Crippen molar-refractivity contribution in [2.75, 3.05) is 43.9 Å². The van der Waals surface area contributed by atoms with E-state index in [9.17, 15) is 22.0 Å². The summed E-state index contributed by atoms with van der Waals surface area (Å²) in [4.78, 5) is 16.4. The molecule has 0 spiro atoms. The van der Waals surface area contributed by atoms with Gasteiger partial charge in [-0.15, -0.1) is 0 Å². The van der Waals surface area contributed by atoms with Crippen molar-refractivity contribution < 1.29 is 26.7 Å². The van der Waals surface area contributed by atoms with E-state index in [2.05, 4.69) is 6.92 Å². The van der Waals surface area contributed by atoms with Crippen molar-refractivity contribution in [3.8, 4) is 11.8 Å². The molecule has 4 rings (SSSR count). The zero-order valence-corrected chi connectivity index (χ0v) is 19.8. The van der Waals surface area contributed by atoms with Gasteiger partial charge in [0.2, 0.25) is 0 Å². The Bertz CT molecular complexity index is 1250. The number of carbonyl (C=O) groups excluding carboxylic acids is 1. The Hall–Kier alpha value is -3.19. The molecule has 10 heteroatoms. The van der Waals surface area contributed by atoms with Gasteiger partial charge in [0.1, 0.15) is 11.4 Å². The molecule has 0 unspecified atom stereocenters. The first-order valence-corrected chi connectivity index (χ1v) is 12.8. The molecule has 0 radical (unpaired) electrons. The molecule has 2 aliphatic rings. The van der Waals surface area contributed by atoms with Gasteiger partial charge in [-0.05, 0) is 43.2 Å². The van der Waals surface area contributed by atoms with E-state index in [1.54, 1.807) is 6.07 Å². The Morgan fingerprint density at radius 2 is 1.74 bits per heavy atom. The van der Waals surface area contributed by atoms with Gasteiger partial charge in [0.15, 0.2) is 21.5 Å². The summed E-state index contributed by atoms with van der Waals surface area (Å²) in [6.45, 7) is 3.21. The molecular formula is C24H25F2N3O4S. The first-order chi connectivity index (χ1) is 16.0. The van der Waals surface area contributed by atoms with Crippen LogP contribution >= 0.6 is 0 Å². The van der Waals surface area contributed by atoms with Crippen LogP contribution in [0.3, 0.4) is 0 Å². The predicted molar refractivity (Wildman–Crippen MR) is 122 cm³/mol. The fourth-order valence-corrected chi connectivity index (χ4v) is 4.53. The average molecular weight is 490 g/mol. The Morgan fingerprint density at radius 1 is 1.12 bits per heavy atom. The molecule has 1 saturated carbocycles. The van der Waals surface area contributed by atoms with Crippen LogP contribution in [-0.4, -0.2) is 58.3 Å². The minimum Gasteiger partial charge on any atom is -0.492 e. The quantitative estimate of drug-likeness (QED) is 0.618. The standard InChI is InChI=1S/C24H25F2N3O4S/c1-24(5-6-24)15-33-21-4-3-17(34(2,31)32)13-18(21)23(30)29-9-7-28(8-10-29)22-19(25)11-16(14-27)12-20(22)26/h3-4,11-13H,5-10,15H2,1-2H3.